The molecular weight excluding hydrogens is 427 g/mol. The van der Waals surface area contributed by atoms with Crippen molar-refractivity contribution in [2.75, 3.05) is 20.3 Å². The molecule has 1 fully saturated rings. The number of methoxy groups -OCH3 is 1. The Balaban J connectivity index is 1.86. The minimum absolute atomic E-state index is 0.0885. The van der Waals surface area contributed by atoms with Gasteiger partial charge in [-0.05, 0) is 54.7 Å². The molecule has 0 bridgehead atoms. The van der Waals surface area contributed by atoms with Gasteiger partial charge in [0.05, 0.1) is 25.9 Å². The van der Waals surface area contributed by atoms with Crippen LogP contribution in [0.2, 0.25) is 0 Å². The van der Waals surface area contributed by atoms with Crippen molar-refractivity contribution >= 4 is 11.6 Å². The highest BCUT2D eigenvalue weighted by Gasteiger charge is 2.24. The average molecular weight is 454 g/mol. The standard InChI is InChI=1S/C25H27FN2O5/c1-3-4-19(14-29)24(28-31)18-8-10-22(33-15-16-5-6-16)20(12-18)25(30)27-13-17-7-9-23(32-2)21(26)11-17/h3-4,7-12,16,29,31H,1,5-6,13-15H2,2H3,(H,27,30)/b19-4-,28-24+. The van der Waals surface area contributed by atoms with Gasteiger partial charge in [-0.1, -0.05) is 30.0 Å². The quantitative estimate of drug-likeness (QED) is 0.207. The van der Waals surface area contributed by atoms with E-state index >= 15 is 0 Å². The maximum Gasteiger partial charge on any atom is 0.255 e. The Morgan fingerprint density at radius 2 is 2.03 bits per heavy atom. The molecule has 3 N–H and O–H groups in total. The van der Waals surface area contributed by atoms with Gasteiger partial charge in [0.1, 0.15) is 11.5 Å². The Morgan fingerprint density at radius 1 is 1.27 bits per heavy atom. The third kappa shape index (κ3) is 6.20. The van der Waals surface area contributed by atoms with Crippen molar-refractivity contribution < 1.29 is 29.0 Å². The van der Waals surface area contributed by atoms with E-state index in [2.05, 4.69) is 17.1 Å². The van der Waals surface area contributed by atoms with E-state index in [1.165, 1.54) is 37.5 Å². The second-order valence-electron chi connectivity index (χ2n) is 7.65. The van der Waals surface area contributed by atoms with Crippen LogP contribution in [-0.2, 0) is 6.54 Å². The van der Waals surface area contributed by atoms with Crippen LogP contribution in [0.5, 0.6) is 11.5 Å². The van der Waals surface area contributed by atoms with Crippen LogP contribution in [0.15, 0.2) is 65.9 Å². The van der Waals surface area contributed by atoms with Crippen molar-refractivity contribution in [1.82, 2.24) is 5.32 Å². The van der Waals surface area contributed by atoms with Gasteiger partial charge in [-0.3, -0.25) is 4.79 Å². The maximum atomic E-state index is 14.0. The largest absolute Gasteiger partial charge is 0.494 e. The highest BCUT2D eigenvalue weighted by molar-refractivity contribution is 6.14. The molecule has 2 aromatic carbocycles. The van der Waals surface area contributed by atoms with Gasteiger partial charge in [0, 0.05) is 17.7 Å². The molecule has 0 radical (unpaired) electrons. The van der Waals surface area contributed by atoms with Crippen molar-refractivity contribution in [3.8, 4) is 11.5 Å². The molecule has 1 aliphatic rings. The highest BCUT2D eigenvalue weighted by Crippen LogP contribution is 2.31. The highest BCUT2D eigenvalue weighted by atomic mass is 19.1. The van der Waals surface area contributed by atoms with Crippen LogP contribution in [0.1, 0.15) is 34.3 Å². The number of hydrogen-bond donors (Lipinski definition) is 3. The Kier molecular flexibility index (Phi) is 8.21. The zero-order chi connectivity index (χ0) is 23.8. The maximum absolute atomic E-state index is 14.0. The predicted octanol–water partition coefficient (Wildman–Crippen LogP) is 3.84. The Labute approximate surface area is 191 Å². The van der Waals surface area contributed by atoms with Crippen LogP contribution >= 0.6 is 0 Å². The molecule has 33 heavy (non-hydrogen) atoms. The van der Waals surface area contributed by atoms with Crippen LogP contribution in [-0.4, -0.2) is 42.3 Å². The Bertz CT molecular complexity index is 1080. The van der Waals surface area contributed by atoms with Gasteiger partial charge in [0.15, 0.2) is 11.6 Å². The Morgan fingerprint density at radius 3 is 2.64 bits per heavy atom. The normalized spacial score (nSPS) is 14.0. The summed E-state index contributed by atoms with van der Waals surface area (Å²) in [6.07, 6.45) is 5.17. The number of allylic oxidation sites excluding steroid dienone is 2. The first-order valence-electron chi connectivity index (χ1n) is 10.5. The number of benzene rings is 2. The first-order chi connectivity index (χ1) is 16.0. The number of aliphatic hydroxyl groups excluding tert-OH is 1. The van der Waals surface area contributed by atoms with E-state index in [1.54, 1.807) is 18.2 Å². The number of ether oxygens (including phenoxy) is 2. The SMILES string of the molecule is C=C/C=C(CO)\C(=N\O)c1ccc(OCC2CC2)c(C(=O)NCc2ccc(OC)c(F)c2)c1. The molecule has 3 rings (SSSR count). The molecule has 0 unspecified atom stereocenters. The number of halogens is 1. The fourth-order valence-corrected chi connectivity index (χ4v) is 3.23. The minimum atomic E-state index is -0.519. The lowest BCUT2D eigenvalue weighted by atomic mass is 9.99. The van der Waals surface area contributed by atoms with E-state index in [0.717, 1.165) is 12.8 Å². The first-order valence-corrected chi connectivity index (χ1v) is 10.5. The number of nitrogens with zero attached hydrogens (tertiary/aromatic N) is 1. The number of carbonyl (C=O) groups is 1. The van der Waals surface area contributed by atoms with E-state index in [-0.39, 0.29) is 30.2 Å². The summed E-state index contributed by atoms with van der Waals surface area (Å²) in [5.41, 5.74) is 1.65. The van der Waals surface area contributed by atoms with Gasteiger partial charge < -0.3 is 25.1 Å². The molecule has 174 valence electrons. The lowest BCUT2D eigenvalue weighted by molar-refractivity contribution is 0.0946. The fourth-order valence-electron chi connectivity index (χ4n) is 3.23. The monoisotopic (exact) mass is 454 g/mol. The summed E-state index contributed by atoms with van der Waals surface area (Å²) in [6.45, 7) is 3.80. The number of nitrogens with one attached hydrogen (secondary N) is 1. The van der Waals surface area contributed by atoms with E-state index in [0.29, 0.717) is 35.0 Å². The second kappa shape index (κ2) is 11.3. The second-order valence-corrected chi connectivity index (χ2v) is 7.65. The summed E-state index contributed by atoms with van der Waals surface area (Å²) >= 11 is 0. The molecule has 0 aliphatic heterocycles. The average Bonchev–Trinajstić information content (AvgIpc) is 3.66. The predicted molar refractivity (Wildman–Crippen MR) is 122 cm³/mol. The van der Waals surface area contributed by atoms with E-state index in [4.69, 9.17) is 9.47 Å². The van der Waals surface area contributed by atoms with Crippen LogP contribution in [0, 0.1) is 11.7 Å². The molecule has 1 saturated carbocycles. The number of amides is 1. The van der Waals surface area contributed by atoms with Crippen molar-refractivity contribution in [3.05, 3.63) is 83.2 Å². The summed E-state index contributed by atoms with van der Waals surface area (Å²) in [6, 6.07) is 9.27. The fraction of sp³-hybridized carbons (Fsp3) is 0.280. The summed E-state index contributed by atoms with van der Waals surface area (Å²) in [5, 5.41) is 25.2. The number of rotatable bonds is 11. The van der Waals surface area contributed by atoms with Gasteiger partial charge in [-0.2, -0.15) is 0 Å². The molecule has 0 atom stereocenters. The summed E-state index contributed by atoms with van der Waals surface area (Å²) in [4.78, 5) is 13.0. The summed E-state index contributed by atoms with van der Waals surface area (Å²) in [5.74, 6) is 0.0358. The zero-order valence-corrected chi connectivity index (χ0v) is 18.4. The van der Waals surface area contributed by atoms with Crippen LogP contribution < -0.4 is 14.8 Å². The van der Waals surface area contributed by atoms with E-state index in [9.17, 15) is 19.5 Å². The van der Waals surface area contributed by atoms with Gasteiger partial charge in [0.2, 0.25) is 0 Å². The zero-order valence-electron chi connectivity index (χ0n) is 18.4. The Hall–Kier alpha value is -3.65. The van der Waals surface area contributed by atoms with Crippen molar-refractivity contribution in [2.45, 2.75) is 19.4 Å². The number of hydrogen-bond acceptors (Lipinski definition) is 6. The molecule has 0 spiro atoms. The third-order valence-corrected chi connectivity index (χ3v) is 5.23. The van der Waals surface area contributed by atoms with Crippen molar-refractivity contribution in [2.24, 2.45) is 11.1 Å². The minimum Gasteiger partial charge on any atom is -0.494 e. The lowest BCUT2D eigenvalue weighted by Gasteiger charge is -2.15. The van der Waals surface area contributed by atoms with Gasteiger partial charge in [0.25, 0.3) is 5.91 Å². The van der Waals surface area contributed by atoms with E-state index < -0.39 is 11.7 Å². The van der Waals surface area contributed by atoms with Crippen molar-refractivity contribution in [3.63, 3.8) is 0 Å². The van der Waals surface area contributed by atoms with Gasteiger partial charge >= 0.3 is 0 Å². The molecule has 2 aromatic rings. The molecule has 1 amide bonds. The molecule has 0 heterocycles. The van der Waals surface area contributed by atoms with Crippen LogP contribution in [0.25, 0.3) is 0 Å². The van der Waals surface area contributed by atoms with Gasteiger partial charge in [-0.25, -0.2) is 4.39 Å². The van der Waals surface area contributed by atoms with Crippen LogP contribution in [0.3, 0.4) is 0 Å². The first kappa shape index (κ1) is 24.0. The van der Waals surface area contributed by atoms with Crippen molar-refractivity contribution in [1.29, 1.82) is 0 Å². The molecule has 7 nitrogen and oxygen atoms in total. The number of carbonyl (C=O) groups excluding carboxylic acids is 1. The summed E-state index contributed by atoms with van der Waals surface area (Å²) in [7, 11) is 1.38. The topological polar surface area (TPSA) is 100 Å². The lowest BCUT2D eigenvalue weighted by Crippen LogP contribution is -2.24. The molecule has 1 aliphatic carbocycles. The molecule has 0 saturated heterocycles. The molecule has 0 aromatic heterocycles. The van der Waals surface area contributed by atoms with Crippen LogP contribution in [0.4, 0.5) is 4.39 Å². The number of oxime groups is 1. The third-order valence-electron chi connectivity index (χ3n) is 5.23. The molecule has 8 heteroatoms. The number of aliphatic hydroxyl groups is 1. The van der Waals surface area contributed by atoms with E-state index in [1.807, 2.05) is 0 Å². The summed E-state index contributed by atoms with van der Waals surface area (Å²) < 4.78 is 24.8. The smallest absolute Gasteiger partial charge is 0.255 e. The molecular formula is C25H27FN2O5. The van der Waals surface area contributed by atoms with Gasteiger partial charge in [-0.15, -0.1) is 0 Å².